The molecule has 1 aromatic heterocycles. The first-order chi connectivity index (χ1) is 9.69. The lowest BCUT2D eigenvalue weighted by Crippen LogP contribution is -2.27. The van der Waals surface area contributed by atoms with Gasteiger partial charge in [-0.25, -0.2) is 4.98 Å². The van der Waals surface area contributed by atoms with Crippen molar-refractivity contribution >= 4 is 38.7 Å². The smallest absolute Gasteiger partial charge is 0.138 e. The Labute approximate surface area is 127 Å². The summed E-state index contributed by atoms with van der Waals surface area (Å²) < 4.78 is 1.02. The first-order valence-electron chi connectivity index (χ1n) is 6.38. The van der Waals surface area contributed by atoms with Crippen molar-refractivity contribution < 1.29 is 0 Å². The molecule has 2 aromatic rings. The fourth-order valence-corrected chi connectivity index (χ4v) is 2.92. The van der Waals surface area contributed by atoms with Crippen molar-refractivity contribution in [2.45, 2.75) is 13.8 Å². The van der Waals surface area contributed by atoms with Gasteiger partial charge in [0.1, 0.15) is 22.5 Å². The molecule has 104 valence electrons. The van der Waals surface area contributed by atoms with Crippen molar-refractivity contribution in [1.29, 1.82) is 5.26 Å². The number of allylic oxidation sites excluding steroid dienone is 1. The van der Waals surface area contributed by atoms with Gasteiger partial charge in [0, 0.05) is 18.1 Å². The van der Waals surface area contributed by atoms with Crippen molar-refractivity contribution in [1.82, 2.24) is 15.6 Å². The first-order valence-corrected chi connectivity index (χ1v) is 7.57. The molecule has 0 bridgehead atoms. The Balaban J connectivity index is 2.52. The molecule has 0 radical (unpaired) electrons. The lowest BCUT2D eigenvalue weighted by molar-refractivity contribution is 0.725. The van der Waals surface area contributed by atoms with Gasteiger partial charge in [0.25, 0.3) is 0 Å². The molecule has 0 aliphatic carbocycles. The van der Waals surface area contributed by atoms with Crippen LogP contribution in [0.25, 0.3) is 15.8 Å². The zero-order valence-electron chi connectivity index (χ0n) is 11.3. The van der Waals surface area contributed by atoms with Gasteiger partial charge in [0.05, 0.1) is 10.2 Å². The summed E-state index contributed by atoms with van der Waals surface area (Å²) in [6.45, 7) is 5.46. The topological polar surface area (TPSA) is 60.7 Å². The molecule has 0 amide bonds. The second kappa shape index (κ2) is 6.60. The number of aromatic nitrogens is 1. The van der Waals surface area contributed by atoms with Crippen molar-refractivity contribution in [2.24, 2.45) is 0 Å². The molecule has 20 heavy (non-hydrogen) atoms. The Morgan fingerprint density at radius 2 is 2.05 bits per heavy atom. The second-order valence-electron chi connectivity index (χ2n) is 4.05. The number of nitriles is 1. The number of rotatable bonds is 5. The lowest BCUT2D eigenvalue weighted by atomic mass is 10.3. The molecule has 4 nitrogen and oxygen atoms in total. The van der Waals surface area contributed by atoms with Crippen LogP contribution in [-0.4, -0.2) is 18.1 Å². The number of nitrogens with zero attached hydrogens (tertiary/aromatic N) is 2. The summed E-state index contributed by atoms with van der Waals surface area (Å²) in [5.74, 6) is 0.725. The van der Waals surface area contributed by atoms with Crippen LogP contribution in [0.1, 0.15) is 18.9 Å². The third-order valence-corrected chi connectivity index (χ3v) is 3.92. The summed E-state index contributed by atoms with van der Waals surface area (Å²) in [4.78, 5) is 4.50. The van der Waals surface area contributed by atoms with Crippen LogP contribution in [0.3, 0.4) is 0 Å². The molecule has 0 aliphatic rings. The fourth-order valence-electron chi connectivity index (χ4n) is 1.81. The van der Waals surface area contributed by atoms with Gasteiger partial charge < -0.3 is 10.6 Å². The Morgan fingerprint density at radius 1 is 1.35 bits per heavy atom. The van der Waals surface area contributed by atoms with Crippen LogP contribution < -0.4 is 10.6 Å². The van der Waals surface area contributed by atoms with Crippen molar-refractivity contribution in [2.75, 3.05) is 13.1 Å². The van der Waals surface area contributed by atoms with Gasteiger partial charge in [-0.1, -0.05) is 11.6 Å². The minimum atomic E-state index is 0.533. The predicted molar refractivity (Wildman–Crippen MR) is 84.5 cm³/mol. The van der Waals surface area contributed by atoms with Crippen LogP contribution in [0.4, 0.5) is 0 Å². The molecular formula is C14H15ClN4S. The zero-order chi connectivity index (χ0) is 14.5. The monoisotopic (exact) mass is 306 g/mol. The maximum Gasteiger partial charge on any atom is 0.138 e. The highest BCUT2D eigenvalue weighted by Crippen LogP contribution is 2.29. The van der Waals surface area contributed by atoms with Gasteiger partial charge in [-0.3, -0.25) is 0 Å². The highest BCUT2D eigenvalue weighted by atomic mass is 35.5. The molecule has 0 fully saturated rings. The Hall–Kier alpha value is -1.77. The van der Waals surface area contributed by atoms with Crippen molar-refractivity contribution in [3.63, 3.8) is 0 Å². The van der Waals surface area contributed by atoms with E-state index in [1.54, 1.807) is 0 Å². The summed E-state index contributed by atoms with van der Waals surface area (Å²) in [5, 5.41) is 17.1. The molecular weight excluding hydrogens is 292 g/mol. The van der Waals surface area contributed by atoms with Crippen LogP contribution in [0.5, 0.6) is 0 Å². The van der Waals surface area contributed by atoms with Gasteiger partial charge in [-0.05, 0) is 32.0 Å². The molecule has 0 saturated heterocycles. The van der Waals surface area contributed by atoms with Gasteiger partial charge in [0.2, 0.25) is 0 Å². The number of thiazole rings is 1. The van der Waals surface area contributed by atoms with Crippen molar-refractivity contribution in [3.8, 4) is 6.07 Å². The molecule has 1 heterocycles. The van der Waals surface area contributed by atoms with Gasteiger partial charge in [0.15, 0.2) is 0 Å². The van der Waals surface area contributed by atoms with Gasteiger partial charge >= 0.3 is 0 Å². The molecule has 2 N–H and O–H groups in total. The summed E-state index contributed by atoms with van der Waals surface area (Å²) in [7, 11) is 0. The Morgan fingerprint density at radius 3 is 2.65 bits per heavy atom. The van der Waals surface area contributed by atoms with Crippen LogP contribution in [0, 0.1) is 11.3 Å². The summed E-state index contributed by atoms with van der Waals surface area (Å²) >= 11 is 7.45. The number of benzene rings is 1. The van der Waals surface area contributed by atoms with E-state index in [0.29, 0.717) is 15.6 Å². The van der Waals surface area contributed by atoms with E-state index in [1.807, 2.05) is 32.0 Å². The Kier molecular flexibility index (Phi) is 4.83. The average molecular weight is 307 g/mol. The van der Waals surface area contributed by atoms with E-state index in [-0.39, 0.29) is 0 Å². The number of halogens is 1. The molecule has 0 atom stereocenters. The molecule has 0 spiro atoms. The molecule has 6 heteroatoms. The zero-order valence-corrected chi connectivity index (χ0v) is 12.9. The predicted octanol–water partition coefficient (Wildman–Crippen LogP) is 3.36. The largest absolute Gasteiger partial charge is 0.371 e. The van der Waals surface area contributed by atoms with E-state index >= 15 is 0 Å². The minimum Gasteiger partial charge on any atom is -0.371 e. The molecule has 2 rings (SSSR count). The number of hydrogen-bond acceptors (Lipinski definition) is 5. The maximum absolute atomic E-state index is 9.44. The molecule has 0 saturated carbocycles. The summed E-state index contributed by atoms with van der Waals surface area (Å²) in [5.41, 5.74) is 1.35. The third-order valence-electron chi connectivity index (χ3n) is 2.63. The normalized spacial score (nSPS) is 10.1. The van der Waals surface area contributed by atoms with Gasteiger partial charge in [-0.15, -0.1) is 11.3 Å². The summed E-state index contributed by atoms with van der Waals surface area (Å²) in [6.07, 6.45) is 0. The van der Waals surface area contributed by atoms with E-state index in [0.717, 1.165) is 29.1 Å². The highest BCUT2D eigenvalue weighted by molar-refractivity contribution is 7.19. The number of hydrogen-bond donors (Lipinski definition) is 2. The highest BCUT2D eigenvalue weighted by Gasteiger charge is 2.13. The molecule has 0 unspecified atom stereocenters. The minimum absolute atomic E-state index is 0.533. The maximum atomic E-state index is 9.44. The lowest BCUT2D eigenvalue weighted by Gasteiger charge is -2.11. The standard InChI is InChI=1S/C14H15ClN4S/c1-3-17-13(18-4-2)10(8-16)14-19-11-7-9(15)5-6-12(11)20-14/h5-7,17-18H,3-4H2,1-2H3. The van der Waals surface area contributed by atoms with E-state index < -0.39 is 0 Å². The third kappa shape index (κ3) is 3.03. The average Bonchev–Trinajstić information content (AvgIpc) is 2.82. The Bertz CT molecular complexity index is 676. The van der Waals surface area contributed by atoms with Gasteiger partial charge in [-0.2, -0.15) is 5.26 Å². The quantitative estimate of drug-likeness (QED) is 0.832. The van der Waals surface area contributed by atoms with Crippen molar-refractivity contribution in [3.05, 3.63) is 34.1 Å². The first kappa shape index (κ1) is 14.6. The number of fused-ring (bicyclic) bond motifs is 1. The van der Waals surface area contributed by atoms with E-state index in [2.05, 4.69) is 21.7 Å². The fraction of sp³-hybridized carbons (Fsp3) is 0.286. The van der Waals surface area contributed by atoms with Crippen LogP contribution in [0.2, 0.25) is 5.02 Å². The van der Waals surface area contributed by atoms with Crippen LogP contribution in [-0.2, 0) is 0 Å². The summed E-state index contributed by atoms with van der Waals surface area (Å²) in [6, 6.07) is 7.80. The SMILES string of the molecule is CCNC(NCC)=C(C#N)c1nc2cc(Cl)ccc2s1. The molecule has 1 aromatic carbocycles. The van der Waals surface area contributed by atoms with E-state index in [9.17, 15) is 5.26 Å². The number of nitrogens with one attached hydrogen (secondary N) is 2. The second-order valence-corrected chi connectivity index (χ2v) is 5.52. The van der Waals surface area contributed by atoms with E-state index in [1.165, 1.54) is 11.3 Å². The van der Waals surface area contributed by atoms with Crippen LogP contribution in [0.15, 0.2) is 24.0 Å². The van der Waals surface area contributed by atoms with E-state index in [4.69, 9.17) is 11.6 Å². The molecule has 0 aliphatic heterocycles. The van der Waals surface area contributed by atoms with Crippen LogP contribution >= 0.6 is 22.9 Å².